The van der Waals surface area contributed by atoms with Crippen molar-refractivity contribution in [3.05, 3.63) is 0 Å². The molecule has 3 heteroatoms. The number of carbonyl (C=O) groups is 1. The van der Waals surface area contributed by atoms with Gasteiger partial charge in [-0.3, -0.25) is 0 Å². The van der Waals surface area contributed by atoms with E-state index in [2.05, 4.69) is 13.8 Å². The second kappa shape index (κ2) is 4.67. The molecule has 0 radical (unpaired) electrons. The highest BCUT2D eigenvalue weighted by Crippen LogP contribution is 2.36. The molecule has 1 amide bonds. The van der Waals surface area contributed by atoms with E-state index in [1.165, 1.54) is 0 Å². The van der Waals surface area contributed by atoms with Crippen LogP contribution in [0.25, 0.3) is 0 Å². The van der Waals surface area contributed by atoms with Crippen molar-refractivity contribution >= 4 is 6.09 Å². The van der Waals surface area contributed by atoms with Crippen molar-refractivity contribution in [1.29, 1.82) is 0 Å². The van der Waals surface area contributed by atoms with Gasteiger partial charge in [-0.2, -0.15) is 0 Å². The lowest BCUT2D eigenvalue weighted by molar-refractivity contribution is 0.0512. The molecule has 82 valence electrons. The average molecular weight is 199 g/mol. The Balaban J connectivity index is 2.28. The lowest BCUT2D eigenvalue weighted by atomic mass is 9.73. The highest BCUT2D eigenvalue weighted by molar-refractivity contribution is 5.67. The molecule has 1 aliphatic carbocycles. The molecule has 0 aromatic carbocycles. The largest absolute Gasteiger partial charge is 0.450 e. The molecule has 1 saturated carbocycles. The Morgan fingerprint density at radius 2 is 2.07 bits per heavy atom. The molecule has 0 aromatic heterocycles. The monoisotopic (exact) mass is 199 g/mol. The molecule has 0 unspecified atom stereocenters. The van der Waals surface area contributed by atoms with Crippen molar-refractivity contribution in [3.8, 4) is 0 Å². The van der Waals surface area contributed by atoms with Crippen LogP contribution >= 0.6 is 0 Å². The second-order valence-electron chi connectivity index (χ2n) is 4.44. The van der Waals surface area contributed by atoms with Crippen LogP contribution in [0.1, 0.15) is 33.6 Å². The fourth-order valence-electron chi connectivity index (χ4n) is 1.86. The Kier molecular flexibility index (Phi) is 3.78. The highest BCUT2D eigenvalue weighted by Gasteiger charge is 2.35. The van der Waals surface area contributed by atoms with Gasteiger partial charge in [-0.25, -0.2) is 4.79 Å². The van der Waals surface area contributed by atoms with Gasteiger partial charge >= 0.3 is 6.09 Å². The summed E-state index contributed by atoms with van der Waals surface area (Å²) in [5.41, 5.74) is 0. The quantitative estimate of drug-likeness (QED) is 0.699. The first-order valence-electron chi connectivity index (χ1n) is 5.45. The summed E-state index contributed by atoms with van der Waals surface area (Å²) in [6, 6.07) is 0.404. The van der Waals surface area contributed by atoms with E-state index in [1.54, 1.807) is 4.90 Å². The zero-order valence-electron chi connectivity index (χ0n) is 9.62. The van der Waals surface area contributed by atoms with Gasteiger partial charge in [0, 0.05) is 13.1 Å². The van der Waals surface area contributed by atoms with Crippen LogP contribution in [-0.4, -0.2) is 30.7 Å². The van der Waals surface area contributed by atoms with Crippen LogP contribution in [0.15, 0.2) is 0 Å². The molecule has 0 N–H and O–H groups in total. The van der Waals surface area contributed by atoms with E-state index in [4.69, 9.17) is 4.74 Å². The van der Waals surface area contributed by atoms with Crippen LogP contribution in [-0.2, 0) is 4.74 Å². The molecule has 1 rings (SSSR count). The molecule has 0 bridgehead atoms. The van der Waals surface area contributed by atoms with E-state index >= 15 is 0 Å². The maximum Gasteiger partial charge on any atom is 0.409 e. The first-order chi connectivity index (χ1) is 6.56. The average Bonchev–Trinajstić information content (AvgIpc) is 2.00. The highest BCUT2D eigenvalue weighted by atomic mass is 16.6. The van der Waals surface area contributed by atoms with Gasteiger partial charge in [0.1, 0.15) is 0 Å². The van der Waals surface area contributed by atoms with Crippen molar-refractivity contribution in [3.63, 3.8) is 0 Å². The fraction of sp³-hybridized carbons (Fsp3) is 0.909. The standard InChI is InChI=1S/C11H21NO2/c1-5-14-11(13)12(4)10-6-9(7-10)8(2)3/h8-10H,5-7H2,1-4H3. The summed E-state index contributed by atoms with van der Waals surface area (Å²) in [6.07, 6.45) is 2.08. The van der Waals surface area contributed by atoms with Gasteiger partial charge in [-0.15, -0.1) is 0 Å². The topological polar surface area (TPSA) is 29.5 Å². The third-order valence-electron chi connectivity index (χ3n) is 3.20. The summed E-state index contributed by atoms with van der Waals surface area (Å²) < 4.78 is 4.94. The van der Waals surface area contributed by atoms with Gasteiger partial charge in [0.2, 0.25) is 0 Å². The van der Waals surface area contributed by atoms with Crippen molar-refractivity contribution in [2.24, 2.45) is 11.8 Å². The first kappa shape index (κ1) is 11.3. The summed E-state index contributed by atoms with van der Waals surface area (Å²) in [7, 11) is 1.83. The molecule has 14 heavy (non-hydrogen) atoms. The SMILES string of the molecule is CCOC(=O)N(C)C1CC(C(C)C)C1. The fourth-order valence-corrected chi connectivity index (χ4v) is 1.86. The van der Waals surface area contributed by atoms with Crippen molar-refractivity contribution in [2.75, 3.05) is 13.7 Å². The van der Waals surface area contributed by atoms with Crippen LogP contribution in [0.5, 0.6) is 0 Å². The van der Waals surface area contributed by atoms with Crippen LogP contribution in [0.3, 0.4) is 0 Å². The molecule has 0 saturated heterocycles. The minimum atomic E-state index is -0.181. The van der Waals surface area contributed by atoms with E-state index in [0.717, 1.165) is 24.7 Å². The molecule has 3 nitrogen and oxygen atoms in total. The number of amides is 1. The normalized spacial score (nSPS) is 25.8. The maximum atomic E-state index is 11.4. The Morgan fingerprint density at radius 1 is 1.50 bits per heavy atom. The number of hydrogen-bond acceptors (Lipinski definition) is 2. The Labute approximate surface area is 86.4 Å². The summed E-state index contributed by atoms with van der Waals surface area (Å²) in [5, 5.41) is 0. The summed E-state index contributed by atoms with van der Waals surface area (Å²) in [4.78, 5) is 13.1. The lowest BCUT2D eigenvalue weighted by Gasteiger charge is -2.42. The Morgan fingerprint density at radius 3 is 2.50 bits per heavy atom. The molecule has 0 spiro atoms. The molecule has 0 heterocycles. The predicted molar refractivity (Wildman–Crippen MR) is 56.1 cm³/mol. The zero-order valence-corrected chi connectivity index (χ0v) is 9.62. The third kappa shape index (κ3) is 2.40. The lowest BCUT2D eigenvalue weighted by Crippen LogP contribution is -2.47. The number of hydrogen-bond donors (Lipinski definition) is 0. The Hall–Kier alpha value is -0.730. The predicted octanol–water partition coefficient (Wildman–Crippen LogP) is 2.51. The van der Waals surface area contributed by atoms with E-state index in [1.807, 2.05) is 14.0 Å². The molecular formula is C11H21NO2. The van der Waals surface area contributed by atoms with Crippen LogP contribution < -0.4 is 0 Å². The van der Waals surface area contributed by atoms with Gasteiger partial charge < -0.3 is 9.64 Å². The smallest absolute Gasteiger partial charge is 0.409 e. The van der Waals surface area contributed by atoms with Crippen LogP contribution in [0.2, 0.25) is 0 Å². The molecular weight excluding hydrogens is 178 g/mol. The van der Waals surface area contributed by atoms with Crippen molar-refractivity contribution in [2.45, 2.75) is 39.7 Å². The first-order valence-corrected chi connectivity index (χ1v) is 5.45. The van der Waals surface area contributed by atoms with Crippen molar-refractivity contribution in [1.82, 2.24) is 4.90 Å². The second-order valence-corrected chi connectivity index (χ2v) is 4.44. The minimum absolute atomic E-state index is 0.181. The van der Waals surface area contributed by atoms with Crippen LogP contribution in [0, 0.1) is 11.8 Å². The maximum absolute atomic E-state index is 11.4. The molecule has 0 atom stereocenters. The molecule has 1 aliphatic rings. The molecule has 1 fully saturated rings. The Bertz CT molecular complexity index is 197. The number of nitrogens with zero attached hydrogens (tertiary/aromatic N) is 1. The summed E-state index contributed by atoms with van der Waals surface area (Å²) >= 11 is 0. The van der Waals surface area contributed by atoms with Gasteiger partial charge in [0.05, 0.1) is 6.61 Å². The number of rotatable bonds is 3. The van der Waals surface area contributed by atoms with Gasteiger partial charge in [-0.1, -0.05) is 13.8 Å². The van der Waals surface area contributed by atoms with Crippen molar-refractivity contribution < 1.29 is 9.53 Å². The molecule has 0 aromatic rings. The van der Waals surface area contributed by atoms with Gasteiger partial charge in [-0.05, 0) is 31.6 Å². The van der Waals surface area contributed by atoms with E-state index < -0.39 is 0 Å². The van der Waals surface area contributed by atoms with Gasteiger partial charge in [0.25, 0.3) is 0 Å². The molecule has 0 aliphatic heterocycles. The minimum Gasteiger partial charge on any atom is -0.450 e. The van der Waals surface area contributed by atoms with E-state index in [9.17, 15) is 4.79 Å². The van der Waals surface area contributed by atoms with E-state index in [0.29, 0.717) is 12.6 Å². The van der Waals surface area contributed by atoms with Crippen LogP contribution in [0.4, 0.5) is 4.79 Å². The zero-order chi connectivity index (χ0) is 10.7. The summed E-state index contributed by atoms with van der Waals surface area (Å²) in [6.45, 7) is 6.78. The number of carbonyl (C=O) groups excluding carboxylic acids is 1. The van der Waals surface area contributed by atoms with Gasteiger partial charge in [0.15, 0.2) is 0 Å². The van der Waals surface area contributed by atoms with E-state index in [-0.39, 0.29) is 6.09 Å². The summed E-state index contributed by atoms with van der Waals surface area (Å²) in [5.74, 6) is 1.53. The third-order valence-corrected chi connectivity index (χ3v) is 3.20. The number of ether oxygens (including phenoxy) is 1.